The molecule has 0 spiro atoms. The summed E-state index contributed by atoms with van der Waals surface area (Å²) in [7, 11) is -3.28. The summed E-state index contributed by atoms with van der Waals surface area (Å²) in [6.07, 6.45) is 1.29. The number of amides is 1. The third-order valence-corrected chi connectivity index (χ3v) is 5.24. The number of carbonyl (C=O) groups is 2. The zero-order valence-electron chi connectivity index (χ0n) is 13.4. The maximum absolute atomic E-state index is 12.1. The summed E-state index contributed by atoms with van der Waals surface area (Å²) in [6.45, 7) is 3.21. The molecule has 0 aliphatic rings. The van der Waals surface area contributed by atoms with Crippen molar-refractivity contribution in [2.45, 2.75) is 25.3 Å². The van der Waals surface area contributed by atoms with Gasteiger partial charge in [0.25, 0.3) is 5.91 Å². The normalized spacial score (nSPS) is 11.1. The number of benzene rings is 1. The highest BCUT2D eigenvalue weighted by atomic mass is 32.2. The number of nitrogens with zero attached hydrogens (tertiary/aromatic N) is 1. The average molecular weight is 346 g/mol. The molecule has 1 aromatic carbocycles. The van der Waals surface area contributed by atoms with Crippen molar-refractivity contribution in [3.63, 3.8) is 0 Å². The minimum absolute atomic E-state index is 0.0149. The van der Waals surface area contributed by atoms with E-state index in [1.807, 2.05) is 0 Å². The number of hydrogen-bond acceptors (Lipinski definition) is 5. The summed E-state index contributed by atoms with van der Waals surface area (Å²) in [5.41, 5.74) is 1.53. The second-order valence-electron chi connectivity index (χ2n) is 5.20. The standard InChI is InChI=1S/C17H18N2O4S/c1-3-24(22,23)16-9-8-15(18-11-16)10-19-17(21)14-6-4-13(5-7-14)12(2)20/h4-9,11H,3,10H2,1-2H3,(H,19,21). The number of aromatic nitrogens is 1. The minimum atomic E-state index is -3.28. The molecule has 0 bridgehead atoms. The smallest absolute Gasteiger partial charge is 0.251 e. The average Bonchev–Trinajstić information content (AvgIpc) is 2.60. The van der Waals surface area contributed by atoms with Gasteiger partial charge in [0, 0.05) is 17.3 Å². The molecule has 1 heterocycles. The lowest BCUT2D eigenvalue weighted by Crippen LogP contribution is -2.23. The molecular formula is C17H18N2O4S. The van der Waals surface area contributed by atoms with Crippen LogP contribution >= 0.6 is 0 Å². The van der Waals surface area contributed by atoms with Gasteiger partial charge in [0.2, 0.25) is 0 Å². The van der Waals surface area contributed by atoms with E-state index >= 15 is 0 Å². The molecule has 0 saturated carbocycles. The van der Waals surface area contributed by atoms with Crippen molar-refractivity contribution in [3.8, 4) is 0 Å². The predicted octanol–water partition coefficient (Wildman–Crippen LogP) is 2.01. The molecule has 0 fully saturated rings. The number of rotatable bonds is 6. The summed E-state index contributed by atoms with van der Waals surface area (Å²) in [6, 6.07) is 9.41. The van der Waals surface area contributed by atoms with Crippen molar-refractivity contribution in [2.75, 3.05) is 5.75 Å². The quantitative estimate of drug-likeness (QED) is 0.808. The Morgan fingerprint density at radius 1 is 1.04 bits per heavy atom. The van der Waals surface area contributed by atoms with Crippen LogP contribution in [0.2, 0.25) is 0 Å². The first-order valence-corrected chi connectivity index (χ1v) is 9.05. The molecule has 1 aromatic heterocycles. The Kier molecular flexibility index (Phi) is 5.46. The molecule has 0 unspecified atom stereocenters. The number of Topliss-reactive ketones (excluding diaryl/α,β-unsaturated/α-hetero) is 1. The summed E-state index contributed by atoms with van der Waals surface area (Å²) in [4.78, 5) is 27.5. The molecule has 24 heavy (non-hydrogen) atoms. The van der Waals surface area contributed by atoms with E-state index in [0.29, 0.717) is 16.8 Å². The van der Waals surface area contributed by atoms with Crippen molar-refractivity contribution in [1.29, 1.82) is 0 Å². The van der Waals surface area contributed by atoms with Crippen LogP contribution in [0.25, 0.3) is 0 Å². The maximum atomic E-state index is 12.1. The summed E-state index contributed by atoms with van der Waals surface area (Å²) < 4.78 is 23.4. The zero-order valence-corrected chi connectivity index (χ0v) is 14.3. The summed E-state index contributed by atoms with van der Waals surface area (Å²) in [5.74, 6) is -0.341. The lowest BCUT2D eigenvalue weighted by molar-refractivity contribution is 0.0948. The molecule has 2 rings (SSSR count). The molecule has 0 aliphatic heterocycles. The van der Waals surface area contributed by atoms with Crippen molar-refractivity contribution in [1.82, 2.24) is 10.3 Å². The minimum Gasteiger partial charge on any atom is -0.346 e. The van der Waals surface area contributed by atoms with Gasteiger partial charge in [0.15, 0.2) is 15.6 Å². The fraction of sp³-hybridized carbons (Fsp3) is 0.235. The van der Waals surface area contributed by atoms with E-state index in [1.165, 1.54) is 19.2 Å². The molecule has 0 atom stereocenters. The van der Waals surface area contributed by atoms with Crippen LogP contribution in [0.15, 0.2) is 47.5 Å². The van der Waals surface area contributed by atoms with Crippen LogP contribution in [-0.2, 0) is 16.4 Å². The van der Waals surface area contributed by atoms with Gasteiger partial charge in [-0.25, -0.2) is 8.42 Å². The number of carbonyl (C=O) groups excluding carboxylic acids is 2. The topological polar surface area (TPSA) is 93.2 Å². The molecule has 6 nitrogen and oxygen atoms in total. The molecule has 2 aromatic rings. The Bertz CT molecular complexity index is 841. The van der Waals surface area contributed by atoms with Crippen LogP contribution < -0.4 is 5.32 Å². The van der Waals surface area contributed by atoms with E-state index in [0.717, 1.165) is 0 Å². The molecule has 7 heteroatoms. The highest BCUT2D eigenvalue weighted by Gasteiger charge is 2.12. The van der Waals surface area contributed by atoms with Crippen LogP contribution in [0.4, 0.5) is 0 Å². The molecule has 126 valence electrons. The molecular weight excluding hydrogens is 328 g/mol. The third-order valence-electron chi connectivity index (χ3n) is 3.52. The Balaban J connectivity index is 2.00. The van der Waals surface area contributed by atoms with Gasteiger partial charge in [-0.3, -0.25) is 14.6 Å². The molecule has 1 amide bonds. The van der Waals surface area contributed by atoms with Crippen molar-refractivity contribution >= 4 is 21.5 Å². The van der Waals surface area contributed by atoms with E-state index < -0.39 is 9.84 Å². The molecule has 1 N–H and O–H groups in total. The number of pyridine rings is 1. The number of sulfone groups is 1. The second kappa shape index (κ2) is 7.35. The van der Waals surface area contributed by atoms with E-state index in [2.05, 4.69) is 10.3 Å². The van der Waals surface area contributed by atoms with Crippen molar-refractivity contribution in [3.05, 3.63) is 59.4 Å². The van der Waals surface area contributed by atoms with Gasteiger partial charge < -0.3 is 5.32 Å². The largest absolute Gasteiger partial charge is 0.346 e. The van der Waals surface area contributed by atoms with Gasteiger partial charge >= 0.3 is 0 Å². The Hall–Kier alpha value is -2.54. The Labute approximate surface area is 140 Å². The monoisotopic (exact) mass is 346 g/mol. The number of ketones is 1. The van der Waals surface area contributed by atoms with Gasteiger partial charge in [0.05, 0.1) is 22.9 Å². The first kappa shape index (κ1) is 17.8. The fourth-order valence-corrected chi connectivity index (χ4v) is 2.82. The predicted molar refractivity (Wildman–Crippen MR) is 89.6 cm³/mol. The van der Waals surface area contributed by atoms with Crippen LogP contribution in [0.1, 0.15) is 40.3 Å². The van der Waals surface area contributed by atoms with Gasteiger partial charge in [0.1, 0.15) is 0 Å². The SMILES string of the molecule is CCS(=O)(=O)c1ccc(CNC(=O)c2ccc(C(C)=O)cc2)nc1. The van der Waals surface area contributed by atoms with E-state index in [-0.39, 0.29) is 28.9 Å². The lowest BCUT2D eigenvalue weighted by atomic mass is 10.1. The number of nitrogens with one attached hydrogen (secondary N) is 1. The van der Waals surface area contributed by atoms with Crippen LogP contribution in [-0.4, -0.2) is 30.8 Å². The van der Waals surface area contributed by atoms with Crippen molar-refractivity contribution in [2.24, 2.45) is 0 Å². The highest BCUT2D eigenvalue weighted by molar-refractivity contribution is 7.91. The third kappa shape index (κ3) is 4.26. The van der Waals surface area contributed by atoms with Crippen molar-refractivity contribution < 1.29 is 18.0 Å². The Morgan fingerprint density at radius 2 is 1.67 bits per heavy atom. The first-order valence-electron chi connectivity index (χ1n) is 7.40. The van der Waals surface area contributed by atoms with E-state index in [9.17, 15) is 18.0 Å². The highest BCUT2D eigenvalue weighted by Crippen LogP contribution is 2.10. The molecule has 0 aliphatic carbocycles. The van der Waals surface area contributed by atoms with E-state index in [4.69, 9.17) is 0 Å². The van der Waals surface area contributed by atoms with E-state index in [1.54, 1.807) is 37.3 Å². The van der Waals surface area contributed by atoms with Gasteiger partial charge in [-0.05, 0) is 31.2 Å². The van der Waals surface area contributed by atoms with Gasteiger partial charge in [-0.2, -0.15) is 0 Å². The molecule has 0 radical (unpaired) electrons. The van der Waals surface area contributed by atoms with Gasteiger partial charge in [-0.15, -0.1) is 0 Å². The fourth-order valence-electron chi connectivity index (χ4n) is 2.00. The van der Waals surface area contributed by atoms with Crippen LogP contribution in [0.5, 0.6) is 0 Å². The summed E-state index contributed by atoms with van der Waals surface area (Å²) >= 11 is 0. The van der Waals surface area contributed by atoms with Gasteiger partial charge in [-0.1, -0.05) is 19.1 Å². The second-order valence-corrected chi connectivity index (χ2v) is 7.48. The maximum Gasteiger partial charge on any atom is 0.251 e. The lowest BCUT2D eigenvalue weighted by Gasteiger charge is -2.06. The molecule has 0 saturated heterocycles. The Morgan fingerprint density at radius 3 is 2.17 bits per heavy atom. The van der Waals surface area contributed by atoms with Crippen LogP contribution in [0, 0.1) is 0 Å². The number of hydrogen-bond donors (Lipinski definition) is 1. The zero-order chi connectivity index (χ0) is 17.7. The first-order chi connectivity index (χ1) is 11.3. The van der Waals surface area contributed by atoms with Crippen LogP contribution in [0.3, 0.4) is 0 Å². The summed E-state index contributed by atoms with van der Waals surface area (Å²) in [5, 5.41) is 2.70.